The van der Waals surface area contributed by atoms with Crippen LogP contribution in [0.5, 0.6) is 0 Å². The summed E-state index contributed by atoms with van der Waals surface area (Å²) in [5, 5.41) is 9.67. The van der Waals surface area contributed by atoms with Crippen molar-refractivity contribution in [1.82, 2.24) is 24.9 Å². The molecule has 0 unspecified atom stereocenters. The van der Waals surface area contributed by atoms with E-state index in [4.69, 9.17) is 0 Å². The molecule has 0 saturated carbocycles. The zero-order chi connectivity index (χ0) is 14.7. The summed E-state index contributed by atoms with van der Waals surface area (Å²) in [4.78, 5) is 23.0. The van der Waals surface area contributed by atoms with Gasteiger partial charge in [-0.15, -0.1) is 0 Å². The Kier molecular flexibility index (Phi) is 4.07. The Morgan fingerprint density at radius 1 is 1.50 bits per heavy atom. The summed E-state index contributed by atoms with van der Waals surface area (Å²) in [6.45, 7) is 4.60. The lowest BCUT2D eigenvalue weighted by molar-refractivity contribution is 0.0944. The van der Waals surface area contributed by atoms with E-state index in [1.54, 1.807) is 7.05 Å². The molecule has 0 bridgehead atoms. The highest BCUT2D eigenvalue weighted by Gasteiger charge is 2.10. The van der Waals surface area contributed by atoms with Crippen LogP contribution in [0.3, 0.4) is 0 Å². The molecule has 0 aliphatic heterocycles. The van der Waals surface area contributed by atoms with Crippen molar-refractivity contribution < 1.29 is 4.79 Å². The molecule has 2 rings (SSSR count). The summed E-state index contributed by atoms with van der Waals surface area (Å²) >= 11 is 0. The lowest BCUT2D eigenvalue weighted by atomic mass is 10.3. The van der Waals surface area contributed by atoms with Crippen molar-refractivity contribution in [2.45, 2.75) is 26.3 Å². The van der Waals surface area contributed by atoms with E-state index in [1.807, 2.05) is 16.9 Å². The molecule has 2 aromatic rings. The summed E-state index contributed by atoms with van der Waals surface area (Å²) in [6.07, 6.45) is 2.58. The number of aryl methyl sites for hydroxylation is 1. The maximum atomic E-state index is 11.9. The van der Waals surface area contributed by atoms with Crippen LogP contribution in [0.25, 0.3) is 0 Å². The molecule has 0 aliphatic rings. The SMILES string of the molecule is CC(C)n1ccc(CCNC(=O)c2cc(=O)[nH]n2C)n1. The first-order valence-corrected chi connectivity index (χ1v) is 6.55. The molecule has 108 valence electrons. The summed E-state index contributed by atoms with van der Waals surface area (Å²) in [7, 11) is 1.63. The molecule has 0 radical (unpaired) electrons. The van der Waals surface area contributed by atoms with Crippen molar-refractivity contribution in [3.8, 4) is 0 Å². The van der Waals surface area contributed by atoms with Crippen LogP contribution in [0.15, 0.2) is 23.1 Å². The molecular weight excluding hydrogens is 258 g/mol. The third kappa shape index (κ3) is 3.17. The third-order valence-electron chi connectivity index (χ3n) is 3.00. The number of carbonyl (C=O) groups excluding carboxylic acids is 1. The molecule has 7 nitrogen and oxygen atoms in total. The second kappa shape index (κ2) is 5.77. The number of aromatic amines is 1. The first-order valence-electron chi connectivity index (χ1n) is 6.55. The van der Waals surface area contributed by atoms with Crippen LogP contribution in [0.4, 0.5) is 0 Å². The van der Waals surface area contributed by atoms with Crippen LogP contribution in [0, 0.1) is 0 Å². The predicted molar refractivity (Wildman–Crippen MR) is 74.7 cm³/mol. The Labute approximate surface area is 116 Å². The van der Waals surface area contributed by atoms with Gasteiger partial charge in [-0.25, -0.2) is 0 Å². The number of hydrogen-bond donors (Lipinski definition) is 2. The zero-order valence-corrected chi connectivity index (χ0v) is 11.9. The summed E-state index contributed by atoms with van der Waals surface area (Å²) < 4.78 is 3.29. The van der Waals surface area contributed by atoms with Gasteiger partial charge in [0.25, 0.3) is 11.5 Å². The van der Waals surface area contributed by atoms with Crippen molar-refractivity contribution in [3.63, 3.8) is 0 Å². The van der Waals surface area contributed by atoms with Gasteiger partial charge in [0.15, 0.2) is 0 Å². The summed E-state index contributed by atoms with van der Waals surface area (Å²) in [6, 6.07) is 3.55. The number of nitrogens with one attached hydrogen (secondary N) is 2. The second-order valence-corrected chi connectivity index (χ2v) is 4.95. The smallest absolute Gasteiger partial charge is 0.269 e. The number of nitrogens with zero attached hydrogens (tertiary/aromatic N) is 3. The molecule has 20 heavy (non-hydrogen) atoms. The van der Waals surface area contributed by atoms with Gasteiger partial charge in [-0.05, 0) is 19.9 Å². The van der Waals surface area contributed by atoms with Crippen molar-refractivity contribution in [2.24, 2.45) is 7.05 Å². The molecule has 2 heterocycles. The molecule has 0 aliphatic carbocycles. The number of hydrogen-bond acceptors (Lipinski definition) is 3. The van der Waals surface area contributed by atoms with Gasteiger partial charge in [0.05, 0.1) is 5.69 Å². The van der Waals surface area contributed by atoms with Gasteiger partial charge in [0.2, 0.25) is 0 Å². The van der Waals surface area contributed by atoms with E-state index in [9.17, 15) is 9.59 Å². The van der Waals surface area contributed by atoms with Crippen LogP contribution >= 0.6 is 0 Å². The van der Waals surface area contributed by atoms with E-state index < -0.39 is 0 Å². The Morgan fingerprint density at radius 3 is 2.80 bits per heavy atom. The number of aromatic nitrogens is 4. The molecule has 0 aromatic carbocycles. The van der Waals surface area contributed by atoms with E-state index in [0.29, 0.717) is 24.7 Å². The number of H-pyrrole nitrogens is 1. The molecule has 2 N–H and O–H groups in total. The van der Waals surface area contributed by atoms with E-state index in [0.717, 1.165) is 5.69 Å². The van der Waals surface area contributed by atoms with Gasteiger partial charge in [0, 0.05) is 38.3 Å². The van der Waals surface area contributed by atoms with Crippen LogP contribution in [-0.4, -0.2) is 32.0 Å². The Bertz CT molecular complexity index is 650. The monoisotopic (exact) mass is 277 g/mol. The van der Waals surface area contributed by atoms with Gasteiger partial charge in [-0.3, -0.25) is 24.1 Å². The maximum Gasteiger partial charge on any atom is 0.269 e. The van der Waals surface area contributed by atoms with Gasteiger partial charge in [-0.1, -0.05) is 0 Å². The Morgan fingerprint density at radius 2 is 2.25 bits per heavy atom. The number of carbonyl (C=O) groups is 1. The fourth-order valence-corrected chi connectivity index (χ4v) is 1.89. The molecular formula is C13H19N5O2. The Balaban J connectivity index is 1.87. The predicted octanol–water partition coefficient (Wildman–Crippen LogP) is 0.463. The van der Waals surface area contributed by atoms with Crippen LogP contribution in [0.1, 0.15) is 36.1 Å². The van der Waals surface area contributed by atoms with Crippen LogP contribution < -0.4 is 10.9 Å². The number of rotatable bonds is 5. The molecule has 1 amide bonds. The van der Waals surface area contributed by atoms with Crippen molar-refractivity contribution in [1.29, 1.82) is 0 Å². The largest absolute Gasteiger partial charge is 0.350 e. The molecule has 0 fully saturated rings. The van der Waals surface area contributed by atoms with Crippen LogP contribution in [0.2, 0.25) is 0 Å². The standard InChI is InChI=1S/C13H19N5O2/c1-9(2)18-7-5-10(15-18)4-6-14-13(20)11-8-12(19)16-17(11)3/h5,7-9H,4,6H2,1-3H3,(H,14,20)(H,16,19). The van der Waals surface area contributed by atoms with Gasteiger partial charge < -0.3 is 5.32 Å². The fraction of sp³-hybridized carbons (Fsp3) is 0.462. The minimum Gasteiger partial charge on any atom is -0.350 e. The van der Waals surface area contributed by atoms with E-state index in [-0.39, 0.29) is 11.5 Å². The number of amides is 1. The molecule has 0 spiro atoms. The third-order valence-corrected chi connectivity index (χ3v) is 3.00. The topological polar surface area (TPSA) is 84.7 Å². The van der Waals surface area contributed by atoms with Gasteiger partial charge in [0.1, 0.15) is 5.69 Å². The summed E-state index contributed by atoms with van der Waals surface area (Å²) in [5.74, 6) is -0.269. The molecule has 0 atom stereocenters. The van der Waals surface area contributed by atoms with Gasteiger partial charge >= 0.3 is 0 Å². The maximum absolute atomic E-state index is 11.9. The molecule has 0 saturated heterocycles. The average Bonchev–Trinajstić information content (AvgIpc) is 2.96. The highest BCUT2D eigenvalue weighted by molar-refractivity contribution is 5.92. The van der Waals surface area contributed by atoms with E-state index >= 15 is 0 Å². The molecule has 7 heteroatoms. The van der Waals surface area contributed by atoms with Crippen LogP contribution in [-0.2, 0) is 13.5 Å². The van der Waals surface area contributed by atoms with E-state index in [2.05, 4.69) is 29.4 Å². The first-order chi connectivity index (χ1) is 9.47. The minimum absolute atomic E-state index is 0.269. The fourth-order valence-electron chi connectivity index (χ4n) is 1.89. The lowest BCUT2D eigenvalue weighted by Gasteiger charge is -2.05. The highest BCUT2D eigenvalue weighted by atomic mass is 16.2. The normalized spacial score (nSPS) is 11.0. The minimum atomic E-state index is -0.284. The van der Waals surface area contributed by atoms with Gasteiger partial charge in [-0.2, -0.15) is 5.10 Å². The van der Waals surface area contributed by atoms with Crippen molar-refractivity contribution in [2.75, 3.05) is 6.54 Å². The highest BCUT2D eigenvalue weighted by Crippen LogP contribution is 2.04. The first kappa shape index (κ1) is 14.1. The zero-order valence-electron chi connectivity index (χ0n) is 11.9. The van der Waals surface area contributed by atoms with Crippen molar-refractivity contribution >= 4 is 5.91 Å². The lowest BCUT2D eigenvalue weighted by Crippen LogP contribution is -2.27. The second-order valence-electron chi connectivity index (χ2n) is 4.95. The average molecular weight is 277 g/mol. The van der Waals surface area contributed by atoms with E-state index in [1.165, 1.54) is 10.7 Å². The molecule has 2 aromatic heterocycles. The quantitative estimate of drug-likeness (QED) is 0.833. The van der Waals surface area contributed by atoms with Crippen molar-refractivity contribution in [3.05, 3.63) is 40.1 Å². The summed E-state index contributed by atoms with van der Waals surface area (Å²) in [5.41, 5.74) is 0.970. The Hall–Kier alpha value is -2.31.